The van der Waals surface area contributed by atoms with Gasteiger partial charge in [0.05, 0.1) is 5.69 Å². The summed E-state index contributed by atoms with van der Waals surface area (Å²) in [5, 5.41) is 3.49. The van der Waals surface area contributed by atoms with Gasteiger partial charge in [0, 0.05) is 18.3 Å². The summed E-state index contributed by atoms with van der Waals surface area (Å²) in [5.41, 5.74) is 11.0. The molecule has 0 spiro atoms. The molecule has 0 saturated carbocycles. The molecule has 1 aromatic heterocycles. The Morgan fingerprint density at radius 3 is 2.42 bits per heavy atom. The molecule has 24 heavy (non-hydrogen) atoms. The van der Waals surface area contributed by atoms with Gasteiger partial charge in [-0.2, -0.15) is 0 Å². The van der Waals surface area contributed by atoms with Crippen molar-refractivity contribution in [1.82, 2.24) is 10.3 Å². The fourth-order valence-corrected chi connectivity index (χ4v) is 3.75. The lowest BCUT2D eigenvalue weighted by Crippen LogP contribution is -2.06. The van der Waals surface area contributed by atoms with Gasteiger partial charge in [0.1, 0.15) is 0 Å². The zero-order valence-corrected chi connectivity index (χ0v) is 15.4. The van der Waals surface area contributed by atoms with E-state index in [2.05, 4.69) is 43.4 Å². The molecule has 1 aliphatic heterocycles. The molecule has 0 bridgehead atoms. The van der Waals surface area contributed by atoms with E-state index in [-0.39, 0.29) is 0 Å². The smallest absolute Gasteiger partial charge is 0.0740 e. The second-order valence-electron chi connectivity index (χ2n) is 6.59. The molecule has 0 unspecified atom stereocenters. The molecule has 2 aliphatic rings. The topological polar surface area (TPSA) is 24.9 Å². The molecule has 2 aromatic rings. The van der Waals surface area contributed by atoms with Crippen molar-refractivity contribution < 1.29 is 0 Å². The van der Waals surface area contributed by atoms with Crippen LogP contribution in [0.1, 0.15) is 53.8 Å². The molecular weight excluding hydrogens is 292 g/mol. The van der Waals surface area contributed by atoms with E-state index in [1.165, 1.54) is 44.7 Å². The lowest BCUT2D eigenvalue weighted by molar-refractivity contribution is 0.862. The zero-order valence-electron chi connectivity index (χ0n) is 15.4. The van der Waals surface area contributed by atoms with Gasteiger partial charge in [-0.15, -0.1) is 0 Å². The van der Waals surface area contributed by atoms with Crippen LogP contribution in [0.5, 0.6) is 0 Å². The highest BCUT2D eigenvalue weighted by Gasteiger charge is 2.24. The predicted molar refractivity (Wildman–Crippen MR) is 102 cm³/mol. The molecule has 1 saturated heterocycles. The van der Waals surface area contributed by atoms with Crippen LogP contribution in [0, 0.1) is 13.8 Å². The van der Waals surface area contributed by atoms with E-state index in [0.29, 0.717) is 0 Å². The van der Waals surface area contributed by atoms with Crippen molar-refractivity contribution in [2.24, 2.45) is 0 Å². The van der Waals surface area contributed by atoms with Gasteiger partial charge >= 0.3 is 0 Å². The van der Waals surface area contributed by atoms with E-state index in [0.717, 1.165) is 32.4 Å². The second-order valence-corrected chi connectivity index (χ2v) is 6.59. The quantitative estimate of drug-likeness (QED) is 0.766. The molecule has 1 N–H and O–H groups in total. The van der Waals surface area contributed by atoms with Crippen LogP contribution in [0.2, 0.25) is 0 Å². The SMILES string of the molecule is CC.Cc1ccc2c(c1)CCc1cc(C)cnc1/C2=C1\CCNC1. The van der Waals surface area contributed by atoms with Crippen molar-refractivity contribution in [2.45, 2.75) is 47.0 Å². The third-order valence-corrected chi connectivity index (χ3v) is 4.83. The van der Waals surface area contributed by atoms with Gasteiger partial charge in [0.25, 0.3) is 0 Å². The van der Waals surface area contributed by atoms with Crippen LogP contribution in [-0.4, -0.2) is 18.1 Å². The average molecular weight is 320 g/mol. The van der Waals surface area contributed by atoms with Crippen LogP contribution in [0.25, 0.3) is 5.57 Å². The molecule has 126 valence electrons. The van der Waals surface area contributed by atoms with Crippen LogP contribution in [0.3, 0.4) is 0 Å². The van der Waals surface area contributed by atoms with Crippen LogP contribution in [0.15, 0.2) is 36.0 Å². The first kappa shape index (κ1) is 16.9. The fourth-order valence-electron chi connectivity index (χ4n) is 3.75. The number of rotatable bonds is 0. The molecular formula is C22H28N2. The summed E-state index contributed by atoms with van der Waals surface area (Å²) in [7, 11) is 0. The first-order chi connectivity index (χ1) is 11.7. The van der Waals surface area contributed by atoms with Crippen LogP contribution >= 0.6 is 0 Å². The van der Waals surface area contributed by atoms with Gasteiger partial charge in [-0.05, 0) is 67.5 Å². The lowest BCUT2D eigenvalue weighted by atomic mass is 9.91. The number of aromatic nitrogens is 1. The van der Waals surface area contributed by atoms with Crippen molar-refractivity contribution in [3.05, 3.63) is 69.5 Å². The van der Waals surface area contributed by atoms with Crippen molar-refractivity contribution >= 4 is 5.57 Å². The first-order valence-electron chi connectivity index (χ1n) is 9.21. The van der Waals surface area contributed by atoms with Gasteiger partial charge in [0.15, 0.2) is 0 Å². The summed E-state index contributed by atoms with van der Waals surface area (Å²) in [6.45, 7) is 10.4. The van der Waals surface area contributed by atoms with Crippen LogP contribution < -0.4 is 5.32 Å². The third-order valence-electron chi connectivity index (χ3n) is 4.83. The normalized spacial score (nSPS) is 19.0. The number of pyridine rings is 1. The standard InChI is InChI=1S/C20H22N2.C2H6/c1-13-3-6-18-15(9-13)4-5-16-10-14(2)11-22-20(16)19(18)17-7-8-21-12-17;1-2/h3,6,9-11,21H,4-5,7-8,12H2,1-2H3;1-2H3/b19-17+;. The summed E-state index contributed by atoms with van der Waals surface area (Å²) < 4.78 is 0. The Balaban J connectivity index is 0.000000815. The molecule has 1 aromatic carbocycles. The number of fused-ring (bicyclic) bond motifs is 2. The van der Waals surface area contributed by atoms with Crippen LogP contribution in [-0.2, 0) is 12.8 Å². The van der Waals surface area contributed by atoms with Gasteiger partial charge in [-0.1, -0.05) is 43.7 Å². The Morgan fingerprint density at radius 1 is 0.917 bits per heavy atom. The van der Waals surface area contributed by atoms with Gasteiger partial charge in [-0.3, -0.25) is 4.98 Å². The maximum atomic E-state index is 4.84. The monoisotopic (exact) mass is 320 g/mol. The van der Waals surface area contributed by atoms with Crippen molar-refractivity contribution in [1.29, 1.82) is 0 Å². The summed E-state index contributed by atoms with van der Waals surface area (Å²) in [6, 6.07) is 9.23. The predicted octanol–water partition coefficient (Wildman–Crippen LogP) is 4.62. The van der Waals surface area contributed by atoms with Gasteiger partial charge in [0.2, 0.25) is 0 Å². The first-order valence-corrected chi connectivity index (χ1v) is 9.21. The highest BCUT2D eigenvalue weighted by atomic mass is 14.9. The van der Waals surface area contributed by atoms with E-state index in [1.807, 2.05) is 20.0 Å². The Hall–Kier alpha value is -1.93. The molecule has 0 radical (unpaired) electrons. The molecule has 2 heteroatoms. The average Bonchev–Trinajstić information content (AvgIpc) is 3.07. The maximum Gasteiger partial charge on any atom is 0.0740 e. The second kappa shape index (κ2) is 7.31. The molecule has 4 rings (SSSR count). The van der Waals surface area contributed by atoms with Crippen LogP contribution in [0.4, 0.5) is 0 Å². The number of hydrogen-bond acceptors (Lipinski definition) is 2. The lowest BCUT2D eigenvalue weighted by Gasteiger charge is -2.15. The molecule has 2 heterocycles. The van der Waals surface area contributed by atoms with Gasteiger partial charge in [-0.25, -0.2) is 0 Å². The third kappa shape index (κ3) is 3.16. The zero-order chi connectivity index (χ0) is 17.1. The number of benzene rings is 1. The number of hydrogen-bond donors (Lipinski definition) is 1. The summed E-state index contributed by atoms with van der Waals surface area (Å²) in [5.74, 6) is 0. The fraction of sp³-hybridized carbons (Fsp3) is 0.409. The summed E-state index contributed by atoms with van der Waals surface area (Å²) >= 11 is 0. The number of aryl methyl sites for hydroxylation is 4. The molecule has 1 fully saturated rings. The maximum absolute atomic E-state index is 4.84. The van der Waals surface area contributed by atoms with Crippen molar-refractivity contribution in [3.8, 4) is 0 Å². The molecule has 0 amide bonds. The van der Waals surface area contributed by atoms with E-state index in [9.17, 15) is 0 Å². The van der Waals surface area contributed by atoms with E-state index in [1.54, 1.807) is 0 Å². The van der Waals surface area contributed by atoms with Crippen molar-refractivity contribution in [3.63, 3.8) is 0 Å². The Kier molecular flexibility index (Phi) is 5.15. The highest BCUT2D eigenvalue weighted by Crippen LogP contribution is 2.36. The minimum absolute atomic E-state index is 0.998. The largest absolute Gasteiger partial charge is 0.313 e. The van der Waals surface area contributed by atoms with E-state index < -0.39 is 0 Å². The van der Waals surface area contributed by atoms with E-state index >= 15 is 0 Å². The number of nitrogens with one attached hydrogen (secondary N) is 1. The summed E-state index contributed by atoms with van der Waals surface area (Å²) in [4.78, 5) is 4.84. The molecule has 2 nitrogen and oxygen atoms in total. The highest BCUT2D eigenvalue weighted by molar-refractivity contribution is 5.85. The van der Waals surface area contributed by atoms with E-state index in [4.69, 9.17) is 4.98 Å². The Labute approximate surface area is 146 Å². The Bertz CT molecular complexity index is 708. The van der Waals surface area contributed by atoms with Gasteiger partial charge < -0.3 is 5.32 Å². The minimum atomic E-state index is 0.998. The Morgan fingerprint density at radius 2 is 1.67 bits per heavy atom. The van der Waals surface area contributed by atoms with Crippen molar-refractivity contribution in [2.75, 3.05) is 13.1 Å². The molecule has 0 atom stereocenters. The molecule has 1 aliphatic carbocycles. The minimum Gasteiger partial charge on any atom is -0.313 e. The summed E-state index contributed by atoms with van der Waals surface area (Å²) in [6.07, 6.45) is 5.35. The number of nitrogens with zero attached hydrogens (tertiary/aromatic N) is 1.